The molecule has 0 aliphatic rings. The van der Waals surface area contributed by atoms with Crippen molar-refractivity contribution < 1.29 is 5.11 Å². The lowest BCUT2D eigenvalue weighted by Crippen LogP contribution is -2.22. The van der Waals surface area contributed by atoms with Gasteiger partial charge in [0.25, 0.3) is 0 Å². The summed E-state index contributed by atoms with van der Waals surface area (Å²) in [4.78, 5) is 13.3. The molecule has 0 bridgehead atoms. The highest BCUT2D eigenvalue weighted by atomic mass is 35.5. The second-order valence-electron chi connectivity index (χ2n) is 6.56. The maximum Gasteiger partial charge on any atom is 0.342 e. The molecule has 0 atom stereocenters. The molecule has 0 fully saturated rings. The van der Waals surface area contributed by atoms with Gasteiger partial charge in [-0.2, -0.15) is 0 Å². The Kier molecular flexibility index (Phi) is 6.36. The fourth-order valence-corrected chi connectivity index (χ4v) is 3.72. The quantitative estimate of drug-likeness (QED) is 0.270. The molecule has 4 aromatic rings. The van der Waals surface area contributed by atoms with Gasteiger partial charge in [0.15, 0.2) is 0 Å². The zero-order valence-corrected chi connectivity index (χ0v) is 18.6. The average molecular weight is 484 g/mol. The molecule has 0 aliphatic carbocycles. The summed E-state index contributed by atoms with van der Waals surface area (Å²) < 4.78 is 2.27. The van der Waals surface area contributed by atoms with E-state index in [9.17, 15) is 9.90 Å². The molecule has 32 heavy (non-hydrogen) atoms. The summed E-state index contributed by atoms with van der Waals surface area (Å²) in [6.07, 6.45) is 0. The molecule has 160 valence electrons. The number of hydrogen-bond donors (Lipinski definition) is 2. The van der Waals surface area contributed by atoms with E-state index in [0.29, 0.717) is 21.4 Å². The lowest BCUT2D eigenvalue weighted by atomic mass is 10.3. The first-order valence-electron chi connectivity index (χ1n) is 9.30. The van der Waals surface area contributed by atoms with Crippen LogP contribution >= 0.6 is 35.4 Å². The van der Waals surface area contributed by atoms with Crippen LogP contribution in [0.4, 0.5) is 11.5 Å². The third-order valence-electron chi connectivity index (χ3n) is 4.39. The van der Waals surface area contributed by atoms with E-state index < -0.39 is 11.6 Å². The number of benzene rings is 3. The van der Waals surface area contributed by atoms with Gasteiger partial charge in [-0.05, 0) is 54.7 Å². The Morgan fingerprint density at radius 2 is 1.47 bits per heavy atom. The maximum absolute atomic E-state index is 13.3. The van der Waals surface area contributed by atoms with Gasteiger partial charge in [0.1, 0.15) is 0 Å². The second-order valence-corrected chi connectivity index (χ2v) is 7.82. The van der Waals surface area contributed by atoms with Crippen molar-refractivity contribution in [1.82, 2.24) is 9.13 Å². The second kappa shape index (κ2) is 9.35. The predicted molar refractivity (Wildman–Crippen MR) is 130 cm³/mol. The normalized spacial score (nSPS) is 11.1. The first-order chi connectivity index (χ1) is 15.4. The number of aromatic nitrogens is 2. The first-order valence-corrected chi connectivity index (χ1v) is 10.5. The Balaban J connectivity index is 1.83. The minimum Gasteiger partial charge on any atom is -0.491 e. The molecule has 0 saturated heterocycles. The zero-order valence-electron chi connectivity index (χ0n) is 16.3. The lowest BCUT2D eigenvalue weighted by Gasteiger charge is -2.05. The molecule has 0 aliphatic heterocycles. The Morgan fingerprint density at radius 1 is 0.875 bits per heavy atom. The highest BCUT2D eigenvalue weighted by molar-refractivity contribution is 7.80. The minimum absolute atomic E-state index is 0.0474. The summed E-state index contributed by atoms with van der Waals surface area (Å²) >= 11 is 17.5. The molecule has 10 heteroatoms. The minimum atomic E-state index is -0.581. The summed E-state index contributed by atoms with van der Waals surface area (Å²) in [5.74, 6) is -0.544. The molecule has 0 saturated carbocycles. The van der Waals surface area contributed by atoms with Crippen molar-refractivity contribution in [2.24, 2.45) is 10.2 Å². The number of para-hydroxylation sites is 2. The van der Waals surface area contributed by atoms with Crippen LogP contribution in [0.25, 0.3) is 11.4 Å². The van der Waals surface area contributed by atoms with E-state index in [-0.39, 0.29) is 10.9 Å². The van der Waals surface area contributed by atoms with Gasteiger partial charge in [-0.3, -0.25) is 0 Å². The number of aromatic hydroxyl groups is 1. The number of halogens is 2. The van der Waals surface area contributed by atoms with Crippen LogP contribution in [0, 0.1) is 0 Å². The number of nitrogens with one attached hydrogen (secondary N) is 1. The maximum atomic E-state index is 13.3. The molecule has 1 heterocycles. The molecule has 7 nitrogen and oxygen atoms in total. The van der Waals surface area contributed by atoms with Gasteiger partial charge >= 0.3 is 5.69 Å². The summed E-state index contributed by atoms with van der Waals surface area (Å²) in [6.45, 7) is 0. The summed E-state index contributed by atoms with van der Waals surface area (Å²) in [7, 11) is 0. The van der Waals surface area contributed by atoms with Crippen LogP contribution in [0.3, 0.4) is 0 Å². The number of rotatable bonds is 4. The Bertz CT molecular complexity index is 1350. The fourth-order valence-electron chi connectivity index (χ4n) is 3.04. The predicted octanol–water partition coefficient (Wildman–Crippen LogP) is 6.12. The molecule has 2 N–H and O–H groups in total. The Hall–Kier alpha value is -3.46. The van der Waals surface area contributed by atoms with E-state index in [0.717, 1.165) is 14.8 Å². The number of imidazole rings is 1. The average Bonchev–Trinajstić information content (AvgIpc) is 3.02. The number of azo groups is 1. The van der Waals surface area contributed by atoms with Gasteiger partial charge < -0.3 is 10.4 Å². The van der Waals surface area contributed by atoms with Crippen molar-refractivity contribution >= 4 is 52.0 Å². The van der Waals surface area contributed by atoms with Crippen LogP contribution in [-0.2, 0) is 0 Å². The highest BCUT2D eigenvalue weighted by Gasteiger charge is 2.22. The van der Waals surface area contributed by atoms with E-state index in [1.54, 1.807) is 30.3 Å². The molecule has 0 unspecified atom stereocenters. The monoisotopic (exact) mass is 483 g/mol. The van der Waals surface area contributed by atoms with E-state index in [4.69, 9.17) is 35.4 Å². The SMILES string of the molecule is O=c1n(-c2ccccc2)c(O)c(/N=N/C(=S)Nc2ccccc2)n1-c1cc(Cl)cc(Cl)c1. The van der Waals surface area contributed by atoms with Crippen LogP contribution < -0.4 is 11.0 Å². The Labute approximate surface area is 198 Å². The molecule has 1 aromatic heterocycles. The van der Waals surface area contributed by atoms with Crippen molar-refractivity contribution in [2.75, 3.05) is 5.32 Å². The van der Waals surface area contributed by atoms with Crippen molar-refractivity contribution in [3.05, 3.63) is 99.4 Å². The molecule has 0 radical (unpaired) electrons. The van der Waals surface area contributed by atoms with Crippen LogP contribution in [-0.4, -0.2) is 19.4 Å². The van der Waals surface area contributed by atoms with Crippen LogP contribution in [0.2, 0.25) is 10.0 Å². The number of nitrogens with zero attached hydrogens (tertiary/aromatic N) is 4. The van der Waals surface area contributed by atoms with Crippen LogP contribution in [0.5, 0.6) is 5.88 Å². The van der Waals surface area contributed by atoms with E-state index in [1.807, 2.05) is 30.3 Å². The number of hydrogen-bond acceptors (Lipinski definition) is 4. The first kappa shape index (κ1) is 21.8. The largest absolute Gasteiger partial charge is 0.491 e. The van der Waals surface area contributed by atoms with E-state index in [2.05, 4.69) is 15.5 Å². The van der Waals surface area contributed by atoms with Crippen molar-refractivity contribution in [2.45, 2.75) is 0 Å². The van der Waals surface area contributed by atoms with Crippen molar-refractivity contribution in [3.8, 4) is 17.3 Å². The zero-order chi connectivity index (χ0) is 22.7. The standard InChI is InChI=1S/C22H15Cl2N5O2S/c23-14-11-15(24)13-18(12-14)28-19(26-27-21(32)25-16-7-3-1-4-8-16)20(30)29(22(28)31)17-9-5-2-6-10-17/h1-13,30H,(H,25,32)/b27-26+. The van der Waals surface area contributed by atoms with Gasteiger partial charge in [-0.25, -0.2) is 13.9 Å². The summed E-state index contributed by atoms with van der Waals surface area (Å²) in [5, 5.41) is 22.5. The smallest absolute Gasteiger partial charge is 0.342 e. The molecular formula is C22H15Cl2N5O2S. The molecule has 3 aromatic carbocycles. The van der Waals surface area contributed by atoms with Gasteiger partial charge in [0, 0.05) is 15.7 Å². The van der Waals surface area contributed by atoms with Crippen molar-refractivity contribution in [1.29, 1.82) is 0 Å². The summed E-state index contributed by atoms with van der Waals surface area (Å²) in [5.41, 5.74) is 0.904. The van der Waals surface area contributed by atoms with Gasteiger partial charge in [0.2, 0.25) is 16.8 Å². The van der Waals surface area contributed by atoms with Crippen LogP contribution in [0.1, 0.15) is 0 Å². The van der Waals surface area contributed by atoms with E-state index >= 15 is 0 Å². The Morgan fingerprint density at radius 3 is 2.09 bits per heavy atom. The number of anilines is 1. The molecular weight excluding hydrogens is 469 g/mol. The third-order valence-corrected chi connectivity index (χ3v) is 5.01. The van der Waals surface area contributed by atoms with Gasteiger partial charge in [-0.15, -0.1) is 10.2 Å². The highest BCUT2D eigenvalue weighted by Crippen LogP contribution is 2.32. The topological polar surface area (TPSA) is 83.9 Å². The molecule has 0 spiro atoms. The number of thiocarbonyl (C=S) groups is 1. The van der Waals surface area contributed by atoms with Crippen LogP contribution in [0.15, 0.2) is 93.9 Å². The van der Waals surface area contributed by atoms with E-state index in [1.165, 1.54) is 18.2 Å². The lowest BCUT2D eigenvalue weighted by molar-refractivity contribution is 0.442. The summed E-state index contributed by atoms with van der Waals surface area (Å²) in [6, 6.07) is 22.4. The van der Waals surface area contributed by atoms with Crippen molar-refractivity contribution in [3.63, 3.8) is 0 Å². The fraction of sp³-hybridized carbons (Fsp3) is 0. The molecule has 0 amide bonds. The van der Waals surface area contributed by atoms with Gasteiger partial charge in [0.05, 0.1) is 11.4 Å². The molecule has 4 rings (SSSR count). The third kappa shape index (κ3) is 4.57. The van der Waals surface area contributed by atoms with Gasteiger partial charge in [-0.1, -0.05) is 59.6 Å².